The van der Waals surface area contributed by atoms with Gasteiger partial charge in [0.25, 0.3) is 0 Å². The van der Waals surface area contributed by atoms with Crippen molar-refractivity contribution >= 4 is 17.9 Å². The van der Waals surface area contributed by atoms with Crippen LogP contribution in [0.3, 0.4) is 0 Å². The van der Waals surface area contributed by atoms with Gasteiger partial charge in [-0.15, -0.1) is 0 Å². The van der Waals surface area contributed by atoms with Gasteiger partial charge in [-0.05, 0) is 96.3 Å². The molecule has 0 aliphatic heterocycles. The first kappa shape index (κ1) is 76.6. The van der Waals surface area contributed by atoms with Gasteiger partial charge in [-0.2, -0.15) is 0 Å². The first-order valence-corrected chi connectivity index (χ1v) is 34.6. The maximum atomic E-state index is 12.9. The lowest BCUT2D eigenvalue weighted by atomic mass is 10.0. The lowest BCUT2D eigenvalue weighted by Crippen LogP contribution is -2.30. The number of esters is 3. The number of carbonyl (C=O) groups is 3. The second-order valence-electron chi connectivity index (χ2n) is 23.1. The third-order valence-electron chi connectivity index (χ3n) is 15.1. The van der Waals surface area contributed by atoms with E-state index in [1.807, 2.05) is 0 Å². The molecule has 0 heterocycles. The topological polar surface area (TPSA) is 78.9 Å². The van der Waals surface area contributed by atoms with E-state index in [0.717, 1.165) is 103 Å². The smallest absolute Gasteiger partial charge is 0.306 e. The van der Waals surface area contributed by atoms with Crippen LogP contribution in [0.1, 0.15) is 348 Å². The SMILES string of the molecule is CC/C=C\C/C=C\C/C=C\C/C=C\C/C=C\CCCCCCCCCCCCCC(=O)OCC(COC(=O)CCCCCCCCCCCCCCCCCCC)OC(=O)CCCCCCCCC/C=C\C/C=C\CCCCCC. The minimum atomic E-state index is -0.782. The minimum Gasteiger partial charge on any atom is -0.462 e. The predicted molar refractivity (Wildman–Crippen MR) is 348 cm³/mol. The Morgan fingerprint density at radius 2 is 0.487 bits per heavy atom. The van der Waals surface area contributed by atoms with E-state index in [2.05, 4.69) is 106 Å². The predicted octanol–water partition coefficient (Wildman–Crippen LogP) is 23.8. The Morgan fingerprint density at radius 1 is 0.263 bits per heavy atom. The van der Waals surface area contributed by atoms with Gasteiger partial charge in [0.1, 0.15) is 13.2 Å². The van der Waals surface area contributed by atoms with Crippen LogP contribution in [-0.2, 0) is 28.6 Å². The molecule has 0 spiro atoms. The summed E-state index contributed by atoms with van der Waals surface area (Å²) in [6.45, 7) is 6.55. The van der Waals surface area contributed by atoms with Gasteiger partial charge in [0.05, 0.1) is 0 Å². The molecule has 0 aromatic rings. The molecule has 6 heteroatoms. The van der Waals surface area contributed by atoms with Crippen molar-refractivity contribution in [2.24, 2.45) is 0 Å². The maximum absolute atomic E-state index is 12.9. The molecule has 0 saturated carbocycles. The number of ether oxygens (including phenoxy) is 3. The first-order chi connectivity index (χ1) is 39.5. The fourth-order valence-corrected chi connectivity index (χ4v) is 9.97. The second-order valence-corrected chi connectivity index (χ2v) is 23.1. The fraction of sp³-hybridized carbons (Fsp3) is 0.770. The summed E-state index contributed by atoms with van der Waals surface area (Å²) in [5.41, 5.74) is 0. The van der Waals surface area contributed by atoms with Crippen molar-refractivity contribution < 1.29 is 28.6 Å². The summed E-state index contributed by atoms with van der Waals surface area (Å²) < 4.78 is 17.0. The van der Waals surface area contributed by atoms with Crippen LogP contribution in [0.5, 0.6) is 0 Å². The van der Waals surface area contributed by atoms with Crippen LogP contribution in [-0.4, -0.2) is 37.2 Å². The molecule has 0 aromatic carbocycles. The molecule has 0 N–H and O–H groups in total. The van der Waals surface area contributed by atoms with Gasteiger partial charge in [0.2, 0.25) is 0 Å². The Kier molecular flexibility index (Phi) is 65.2. The Balaban J connectivity index is 4.33. The summed E-state index contributed by atoms with van der Waals surface area (Å²) >= 11 is 0. The number of rotatable bonds is 63. The van der Waals surface area contributed by atoms with Crippen LogP contribution >= 0.6 is 0 Å². The average molecular weight is 1120 g/mol. The molecule has 0 rings (SSSR count). The van der Waals surface area contributed by atoms with Crippen LogP contribution in [0.25, 0.3) is 0 Å². The Morgan fingerprint density at radius 3 is 0.775 bits per heavy atom. The van der Waals surface area contributed by atoms with Gasteiger partial charge in [0, 0.05) is 19.3 Å². The zero-order valence-electron chi connectivity index (χ0n) is 53.1. The van der Waals surface area contributed by atoms with E-state index in [4.69, 9.17) is 14.2 Å². The molecule has 1 atom stereocenters. The molecule has 462 valence electrons. The number of unbranched alkanes of at least 4 members (excludes halogenated alkanes) is 38. The Bertz CT molecular complexity index is 1520. The molecule has 0 amide bonds. The van der Waals surface area contributed by atoms with Gasteiger partial charge < -0.3 is 14.2 Å². The van der Waals surface area contributed by atoms with Gasteiger partial charge in [-0.1, -0.05) is 318 Å². The number of hydrogen-bond donors (Lipinski definition) is 0. The van der Waals surface area contributed by atoms with Crippen LogP contribution in [0, 0.1) is 0 Å². The third-order valence-corrected chi connectivity index (χ3v) is 15.1. The van der Waals surface area contributed by atoms with Crippen molar-refractivity contribution in [3.05, 3.63) is 85.1 Å². The highest BCUT2D eigenvalue weighted by molar-refractivity contribution is 5.71. The molecular formula is C74H130O6. The summed E-state index contributed by atoms with van der Waals surface area (Å²) in [4.78, 5) is 38.4. The number of allylic oxidation sites excluding steroid dienone is 14. The van der Waals surface area contributed by atoms with E-state index in [9.17, 15) is 14.4 Å². The van der Waals surface area contributed by atoms with Crippen molar-refractivity contribution in [3.8, 4) is 0 Å². The van der Waals surface area contributed by atoms with Crippen molar-refractivity contribution in [3.63, 3.8) is 0 Å². The third kappa shape index (κ3) is 65.4. The lowest BCUT2D eigenvalue weighted by molar-refractivity contribution is -0.167. The Hall–Kier alpha value is -3.41. The largest absolute Gasteiger partial charge is 0.462 e. The van der Waals surface area contributed by atoms with Gasteiger partial charge in [-0.25, -0.2) is 0 Å². The quantitative estimate of drug-likeness (QED) is 0.0261. The molecule has 80 heavy (non-hydrogen) atoms. The number of carbonyl (C=O) groups excluding carboxylic acids is 3. The van der Waals surface area contributed by atoms with E-state index in [1.165, 1.54) is 205 Å². The van der Waals surface area contributed by atoms with E-state index in [1.54, 1.807) is 0 Å². The van der Waals surface area contributed by atoms with Crippen LogP contribution in [0.2, 0.25) is 0 Å². The van der Waals surface area contributed by atoms with Gasteiger partial charge in [-0.3, -0.25) is 14.4 Å². The molecule has 6 nitrogen and oxygen atoms in total. The van der Waals surface area contributed by atoms with Crippen molar-refractivity contribution in [1.29, 1.82) is 0 Å². The molecule has 0 saturated heterocycles. The van der Waals surface area contributed by atoms with Crippen LogP contribution in [0.15, 0.2) is 85.1 Å². The maximum Gasteiger partial charge on any atom is 0.306 e. The molecule has 0 aliphatic carbocycles. The zero-order valence-corrected chi connectivity index (χ0v) is 53.1. The molecule has 0 radical (unpaired) electrons. The average Bonchev–Trinajstić information content (AvgIpc) is 3.46. The first-order valence-electron chi connectivity index (χ1n) is 34.6. The van der Waals surface area contributed by atoms with Crippen molar-refractivity contribution in [2.45, 2.75) is 354 Å². The lowest BCUT2D eigenvalue weighted by Gasteiger charge is -2.18. The standard InChI is InChI=1S/C74H130O6/c1-4-7-10-13-16-19-22-25-28-31-33-34-35-36-37-38-39-40-41-44-46-49-52-55-58-61-64-67-73(76)79-70-71(69-78-72(75)66-63-60-57-54-51-48-45-42-30-27-24-21-18-15-12-9-6-3)80-74(77)68-65-62-59-56-53-50-47-43-32-29-26-23-20-17-14-11-8-5-2/h7,10,16,19-20,23,25,28-29,32-34,36-37,71H,4-6,8-9,11-15,17-18,21-22,24,26-27,30-31,35,38-70H2,1-3H3/b10-7-,19-16-,23-20-,28-25-,32-29-,34-33-,37-36-. The highest BCUT2D eigenvalue weighted by Crippen LogP contribution is 2.17. The van der Waals surface area contributed by atoms with Crippen LogP contribution < -0.4 is 0 Å². The summed E-state index contributed by atoms with van der Waals surface area (Å²) in [6.07, 6.45) is 90.2. The summed E-state index contributed by atoms with van der Waals surface area (Å²) in [6, 6.07) is 0. The van der Waals surface area contributed by atoms with E-state index in [0.29, 0.717) is 19.3 Å². The minimum absolute atomic E-state index is 0.0765. The molecule has 0 aromatic heterocycles. The van der Waals surface area contributed by atoms with Gasteiger partial charge in [0.15, 0.2) is 6.10 Å². The van der Waals surface area contributed by atoms with Crippen molar-refractivity contribution in [2.75, 3.05) is 13.2 Å². The molecule has 0 fully saturated rings. The Labute approximate surface area is 496 Å². The molecule has 0 aliphatic rings. The van der Waals surface area contributed by atoms with E-state index in [-0.39, 0.29) is 31.1 Å². The molecule has 0 bridgehead atoms. The summed E-state index contributed by atoms with van der Waals surface area (Å²) in [7, 11) is 0. The summed E-state index contributed by atoms with van der Waals surface area (Å²) in [5, 5.41) is 0. The highest BCUT2D eigenvalue weighted by atomic mass is 16.6. The van der Waals surface area contributed by atoms with Gasteiger partial charge >= 0.3 is 17.9 Å². The van der Waals surface area contributed by atoms with E-state index >= 15 is 0 Å². The summed E-state index contributed by atoms with van der Waals surface area (Å²) in [5.74, 6) is -0.868. The molecule has 1 unspecified atom stereocenters. The zero-order chi connectivity index (χ0) is 57.8. The second kappa shape index (κ2) is 68.1. The highest BCUT2D eigenvalue weighted by Gasteiger charge is 2.19. The van der Waals surface area contributed by atoms with Crippen LogP contribution in [0.4, 0.5) is 0 Å². The molecular weight excluding hydrogens is 985 g/mol. The number of hydrogen-bond acceptors (Lipinski definition) is 6. The fourth-order valence-electron chi connectivity index (χ4n) is 9.97. The monoisotopic (exact) mass is 1110 g/mol. The van der Waals surface area contributed by atoms with E-state index < -0.39 is 6.10 Å². The van der Waals surface area contributed by atoms with Crippen molar-refractivity contribution in [1.82, 2.24) is 0 Å². The normalized spacial score (nSPS) is 12.6.